The largest absolute Gasteiger partial charge is 0.423 e. The number of allylic oxidation sites excluding steroid dienone is 2. The Morgan fingerprint density at radius 3 is 2.36 bits per heavy atom. The van der Waals surface area contributed by atoms with Crippen molar-refractivity contribution in [2.24, 2.45) is 0 Å². The van der Waals surface area contributed by atoms with Gasteiger partial charge in [0.05, 0.1) is 8.07 Å². The summed E-state index contributed by atoms with van der Waals surface area (Å²) in [6.07, 6.45) is 1.82. The number of ether oxygens (including phenoxy) is 1. The minimum absolute atomic E-state index is 0.749. The highest BCUT2D eigenvalue weighted by Gasteiger charge is 2.15. The molecule has 0 aliphatic carbocycles. The van der Waals surface area contributed by atoms with Gasteiger partial charge in [0.1, 0.15) is 5.76 Å². The van der Waals surface area contributed by atoms with E-state index in [1.807, 2.05) is 13.0 Å². The highest BCUT2D eigenvalue weighted by atomic mass is 28.3. The SMILES string of the molecule is CC=C(C[Si](C)(C)C)O[C]=O. The molecule has 0 atom stereocenters. The van der Waals surface area contributed by atoms with E-state index in [-0.39, 0.29) is 0 Å². The molecule has 0 fully saturated rings. The Morgan fingerprint density at radius 1 is 1.55 bits per heavy atom. The van der Waals surface area contributed by atoms with E-state index in [0.29, 0.717) is 0 Å². The Hall–Kier alpha value is -0.573. The van der Waals surface area contributed by atoms with Gasteiger partial charge in [-0.3, -0.25) is 0 Å². The second-order valence-corrected chi connectivity index (χ2v) is 9.15. The van der Waals surface area contributed by atoms with E-state index in [1.165, 1.54) is 6.47 Å². The first-order valence-electron chi connectivity index (χ1n) is 3.69. The van der Waals surface area contributed by atoms with Gasteiger partial charge in [0.2, 0.25) is 0 Å². The lowest BCUT2D eigenvalue weighted by Crippen LogP contribution is -2.20. The van der Waals surface area contributed by atoms with Crippen LogP contribution < -0.4 is 0 Å². The summed E-state index contributed by atoms with van der Waals surface area (Å²) in [7, 11) is -1.15. The Morgan fingerprint density at radius 2 is 2.09 bits per heavy atom. The molecule has 0 aliphatic rings. The van der Waals surface area contributed by atoms with Crippen molar-refractivity contribution in [3.05, 3.63) is 11.8 Å². The van der Waals surface area contributed by atoms with E-state index in [0.717, 1.165) is 11.8 Å². The minimum Gasteiger partial charge on any atom is -0.423 e. The monoisotopic (exact) mass is 171 g/mol. The van der Waals surface area contributed by atoms with Crippen LogP contribution in [-0.2, 0) is 9.53 Å². The molecule has 0 aromatic heterocycles. The van der Waals surface area contributed by atoms with E-state index in [1.54, 1.807) is 0 Å². The molecule has 1 radical (unpaired) electrons. The van der Waals surface area contributed by atoms with Gasteiger partial charge in [0.25, 0.3) is 0 Å². The highest BCUT2D eigenvalue weighted by Crippen LogP contribution is 2.15. The lowest BCUT2D eigenvalue weighted by atomic mass is 10.5. The normalized spacial score (nSPS) is 12.9. The number of rotatable bonds is 4. The summed E-state index contributed by atoms with van der Waals surface area (Å²) in [5.74, 6) is 0.749. The van der Waals surface area contributed by atoms with E-state index in [9.17, 15) is 4.79 Å². The van der Waals surface area contributed by atoms with E-state index < -0.39 is 8.07 Å². The van der Waals surface area contributed by atoms with Gasteiger partial charge >= 0.3 is 6.47 Å². The third kappa shape index (κ3) is 5.85. The standard InChI is InChI=1S/C8H15O2Si/c1-5-8(10-7-9)6-11(2,3)4/h5H,6H2,1-4H3. The Kier molecular flexibility index (Phi) is 4.11. The molecule has 0 aromatic rings. The van der Waals surface area contributed by atoms with Crippen LogP contribution in [0.3, 0.4) is 0 Å². The summed E-state index contributed by atoms with van der Waals surface area (Å²) < 4.78 is 4.66. The van der Waals surface area contributed by atoms with E-state index >= 15 is 0 Å². The van der Waals surface area contributed by atoms with Crippen molar-refractivity contribution in [3.8, 4) is 0 Å². The molecule has 63 valence electrons. The van der Waals surface area contributed by atoms with Crippen molar-refractivity contribution in [3.63, 3.8) is 0 Å². The molecular weight excluding hydrogens is 156 g/mol. The minimum atomic E-state index is -1.15. The van der Waals surface area contributed by atoms with Gasteiger partial charge in [-0.15, -0.1) is 0 Å². The zero-order chi connectivity index (χ0) is 8.91. The molecule has 0 spiro atoms. The molecule has 0 saturated heterocycles. The zero-order valence-corrected chi connectivity index (χ0v) is 8.60. The first-order valence-corrected chi connectivity index (χ1v) is 7.39. The molecule has 0 unspecified atom stereocenters. The molecule has 3 heteroatoms. The van der Waals surface area contributed by atoms with Crippen LogP contribution in [-0.4, -0.2) is 14.5 Å². The fraction of sp³-hybridized carbons (Fsp3) is 0.625. The Labute approximate surface area is 69.3 Å². The molecule has 0 heterocycles. The number of hydrogen-bond donors (Lipinski definition) is 0. The molecule has 0 saturated carbocycles. The summed E-state index contributed by atoms with van der Waals surface area (Å²) in [5, 5.41) is 0. The molecule has 11 heavy (non-hydrogen) atoms. The first kappa shape index (κ1) is 10.4. The molecule has 0 amide bonds. The zero-order valence-electron chi connectivity index (χ0n) is 7.60. The highest BCUT2D eigenvalue weighted by molar-refractivity contribution is 6.76. The average molecular weight is 171 g/mol. The molecule has 0 aliphatic heterocycles. The second kappa shape index (κ2) is 4.33. The predicted molar refractivity (Wildman–Crippen MR) is 48.7 cm³/mol. The maximum atomic E-state index is 9.89. The van der Waals surface area contributed by atoms with E-state index in [4.69, 9.17) is 0 Å². The Bertz CT molecular complexity index is 156. The summed E-state index contributed by atoms with van der Waals surface area (Å²) in [4.78, 5) is 9.89. The lowest BCUT2D eigenvalue weighted by molar-refractivity contribution is 0.362. The third-order valence-electron chi connectivity index (χ3n) is 1.20. The molecule has 0 aromatic carbocycles. The summed E-state index contributed by atoms with van der Waals surface area (Å²) >= 11 is 0. The number of carbonyl (C=O) groups excluding carboxylic acids is 1. The maximum Gasteiger partial charge on any atom is 0.422 e. The molecule has 0 N–H and O–H groups in total. The van der Waals surface area contributed by atoms with E-state index in [2.05, 4.69) is 24.4 Å². The fourth-order valence-electron chi connectivity index (χ4n) is 0.773. The van der Waals surface area contributed by atoms with Crippen LogP contribution in [0.15, 0.2) is 11.8 Å². The summed E-state index contributed by atoms with van der Waals surface area (Å²) in [5.41, 5.74) is 0. The van der Waals surface area contributed by atoms with Crippen LogP contribution in [0.1, 0.15) is 6.92 Å². The van der Waals surface area contributed by atoms with Gasteiger partial charge in [0, 0.05) is 6.04 Å². The second-order valence-electron chi connectivity index (χ2n) is 3.68. The average Bonchev–Trinajstić information content (AvgIpc) is 1.84. The predicted octanol–water partition coefficient (Wildman–Crippen LogP) is 2.31. The van der Waals surface area contributed by atoms with Crippen molar-refractivity contribution < 1.29 is 9.53 Å². The third-order valence-corrected chi connectivity index (χ3v) is 2.61. The van der Waals surface area contributed by atoms with Crippen molar-refractivity contribution >= 4 is 14.5 Å². The van der Waals surface area contributed by atoms with Gasteiger partial charge in [0.15, 0.2) is 0 Å². The summed E-state index contributed by atoms with van der Waals surface area (Å²) in [6, 6.07) is 0.902. The van der Waals surface area contributed by atoms with Crippen LogP contribution in [0.2, 0.25) is 25.7 Å². The smallest absolute Gasteiger partial charge is 0.422 e. The topological polar surface area (TPSA) is 26.3 Å². The van der Waals surface area contributed by atoms with Crippen molar-refractivity contribution in [1.82, 2.24) is 0 Å². The van der Waals surface area contributed by atoms with Crippen LogP contribution in [0, 0.1) is 0 Å². The van der Waals surface area contributed by atoms with Gasteiger partial charge in [-0.2, -0.15) is 0 Å². The Balaban J connectivity index is 4.00. The van der Waals surface area contributed by atoms with Crippen LogP contribution in [0.4, 0.5) is 0 Å². The van der Waals surface area contributed by atoms with Crippen LogP contribution in [0.5, 0.6) is 0 Å². The van der Waals surface area contributed by atoms with Crippen LogP contribution >= 0.6 is 0 Å². The van der Waals surface area contributed by atoms with Crippen molar-refractivity contribution in [2.45, 2.75) is 32.6 Å². The van der Waals surface area contributed by atoms with Gasteiger partial charge in [-0.05, 0) is 13.0 Å². The maximum absolute atomic E-state index is 9.89. The van der Waals surface area contributed by atoms with Gasteiger partial charge in [-0.1, -0.05) is 19.6 Å². The molecule has 0 rings (SSSR count). The van der Waals surface area contributed by atoms with Crippen LogP contribution in [0.25, 0.3) is 0 Å². The summed E-state index contributed by atoms with van der Waals surface area (Å²) in [6.45, 7) is 9.99. The number of hydrogen-bond acceptors (Lipinski definition) is 2. The van der Waals surface area contributed by atoms with Gasteiger partial charge < -0.3 is 4.74 Å². The first-order chi connectivity index (χ1) is 4.99. The fourth-order valence-corrected chi connectivity index (χ4v) is 2.09. The molecular formula is C8H15O2Si. The lowest BCUT2D eigenvalue weighted by Gasteiger charge is -2.15. The quantitative estimate of drug-likeness (QED) is 0.479. The molecule has 0 bridgehead atoms. The van der Waals surface area contributed by atoms with Crippen molar-refractivity contribution in [1.29, 1.82) is 0 Å². The van der Waals surface area contributed by atoms with Crippen molar-refractivity contribution in [2.75, 3.05) is 0 Å². The molecule has 2 nitrogen and oxygen atoms in total. The van der Waals surface area contributed by atoms with Gasteiger partial charge in [-0.25, -0.2) is 4.79 Å².